The molecular formula is C30H37NO14. The number of amides is 1. The second kappa shape index (κ2) is 14.7. The van der Waals surface area contributed by atoms with E-state index in [1.807, 2.05) is 12.1 Å². The van der Waals surface area contributed by atoms with Crippen LogP contribution >= 0.6 is 0 Å². The van der Waals surface area contributed by atoms with E-state index in [4.69, 9.17) is 23.7 Å². The smallest absolute Gasteiger partial charge is 0.251 e. The lowest BCUT2D eigenvalue weighted by Gasteiger charge is -2.45. The molecular weight excluding hydrogens is 598 g/mol. The molecule has 1 aliphatic carbocycles. The van der Waals surface area contributed by atoms with Gasteiger partial charge in [-0.15, -0.1) is 0 Å². The maximum Gasteiger partial charge on any atom is 0.251 e. The Balaban J connectivity index is 1.03. The summed E-state index contributed by atoms with van der Waals surface area (Å²) in [6.07, 6.45) is -15.4. The van der Waals surface area contributed by atoms with Gasteiger partial charge in [0.25, 0.3) is 5.91 Å². The van der Waals surface area contributed by atoms with Crippen LogP contribution < -0.4 is 5.32 Å². The summed E-state index contributed by atoms with van der Waals surface area (Å²) in [4.78, 5) is 25.3. The summed E-state index contributed by atoms with van der Waals surface area (Å²) in [6.45, 7) is -1.17. The first-order valence-electron chi connectivity index (χ1n) is 14.5. The Morgan fingerprint density at radius 1 is 0.733 bits per heavy atom. The Bertz CT molecular complexity index is 1340. The van der Waals surface area contributed by atoms with Crippen LogP contribution in [-0.4, -0.2) is 148 Å². The minimum atomic E-state index is -1.77. The van der Waals surface area contributed by atoms with Gasteiger partial charge >= 0.3 is 0 Å². The Morgan fingerprint density at radius 3 is 2.13 bits per heavy atom. The van der Waals surface area contributed by atoms with Crippen molar-refractivity contribution in [2.75, 3.05) is 39.6 Å². The van der Waals surface area contributed by atoms with Gasteiger partial charge in [0.15, 0.2) is 18.4 Å². The van der Waals surface area contributed by atoms with Crippen LogP contribution in [0.1, 0.15) is 26.3 Å². The molecule has 2 aliphatic heterocycles. The lowest BCUT2D eigenvalue weighted by molar-refractivity contribution is -0.359. The van der Waals surface area contributed by atoms with Gasteiger partial charge in [-0.1, -0.05) is 30.3 Å². The van der Waals surface area contributed by atoms with Gasteiger partial charge in [0.05, 0.1) is 33.0 Å². The molecule has 10 atom stereocenters. The molecule has 0 bridgehead atoms. The molecule has 1 amide bonds. The van der Waals surface area contributed by atoms with Crippen molar-refractivity contribution in [2.45, 2.75) is 61.4 Å². The number of carbonyl (C=O) groups excluding carboxylic acids is 2. The van der Waals surface area contributed by atoms with E-state index < -0.39 is 74.6 Å². The maximum atomic E-state index is 12.7. The summed E-state index contributed by atoms with van der Waals surface area (Å²) in [5.41, 5.74) is 3.05. The van der Waals surface area contributed by atoms with Gasteiger partial charge in [-0.05, 0) is 23.3 Å². The van der Waals surface area contributed by atoms with E-state index in [2.05, 4.69) is 5.32 Å². The predicted molar refractivity (Wildman–Crippen MR) is 151 cm³/mol. The standard InChI is InChI=1S/C30H37NO14/c32-12-19-22(35)23(36)25(38)30(43-19)45-27-20(13-33)44-29(26(39)24(27)37)42-10-9-41-8-7-31-28(40)14-5-6-16-15-3-1-2-4-17(15)21(34)18(16)11-14/h1-6,11,19-20,22-27,29-30,32-33,35-39H,7-10,12-13H2,(H,31,40)/t19-,20-,22-,23+,24-,25-,26-,27-,29+,30-/m1/s1. The van der Waals surface area contributed by atoms with Gasteiger partial charge in [-0.25, -0.2) is 0 Å². The van der Waals surface area contributed by atoms with Crippen molar-refractivity contribution < 1.29 is 69.0 Å². The molecule has 15 nitrogen and oxygen atoms in total. The molecule has 0 saturated carbocycles. The van der Waals surface area contributed by atoms with Gasteiger partial charge in [-0.3, -0.25) is 9.59 Å². The number of hydrogen-bond acceptors (Lipinski definition) is 14. The molecule has 5 rings (SSSR count). The number of carbonyl (C=O) groups is 2. The highest BCUT2D eigenvalue weighted by Gasteiger charge is 2.50. The summed E-state index contributed by atoms with van der Waals surface area (Å²) >= 11 is 0. The maximum absolute atomic E-state index is 12.7. The zero-order valence-electron chi connectivity index (χ0n) is 24.0. The normalized spacial score (nSPS) is 32.6. The minimum absolute atomic E-state index is 0.0265. The lowest BCUT2D eigenvalue weighted by Crippen LogP contribution is -2.64. The van der Waals surface area contributed by atoms with Crippen molar-refractivity contribution in [3.8, 4) is 11.1 Å². The number of nitrogens with one attached hydrogen (secondary N) is 1. The number of benzene rings is 2. The van der Waals surface area contributed by atoms with Crippen molar-refractivity contribution in [1.82, 2.24) is 5.32 Å². The topological polar surface area (TPSA) is 234 Å². The summed E-state index contributed by atoms with van der Waals surface area (Å²) in [7, 11) is 0. The lowest BCUT2D eigenvalue weighted by atomic mass is 9.97. The van der Waals surface area contributed by atoms with Crippen molar-refractivity contribution in [3.63, 3.8) is 0 Å². The fraction of sp³-hybridized carbons (Fsp3) is 0.533. The van der Waals surface area contributed by atoms with Crippen LogP contribution in [0.15, 0.2) is 42.5 Å². The Labute approximate surface area is 257 Å². The van der Waals surface area contributed by atoms with Crippen LogP contribution in [-0.2, 0) is 23.7 Å². The SMILES string of the molecule is O=C(NCCOCCO[C@H]1O[C@H](CO)[C@@H](O[C@H]2O[C@H](CO)[C@@H](O)[C@H](O)[C@H]2O)[C@H](O)[C@H]1O)c1ccc2c(c1)C(=O)c1ccccc1-2. The van der Waals surface area contributed by atoms with Crippen LogP contribution in [0.3, 0.4) is 0 Å². The van der Waals surface area contributed by atoms with E-state index in [0.717, 1.165) is 11.1 Å². The molecule has 3 aliphatic rings. The van der Waals surface area contributed by atoms with E-state index >= 15 is 0 Å². The molecule has 8 N–H and O–H groups in total. The van der Waals surface area contributed by atoms with Gasteiger partial charge in [0.1, 0.15) is 48.8 Å². The highest BCUT2D eigenvalue weighted by molar-refractivity contribution is 6.22. The molecule has 0 aromatic heterocycles. The minimum Gasteiger partial charge on any atom is -0.394 e. The fourth-order valence-electron chi connectivity index (χ4n) is 5.53. The van der Waals surface area contributed by atoms with Crippen molar-refractivity contribution in [3.05, 3.63) is 59.2 Å². The van der Waals surface area contributed by atoms with Crippen molar-refractivity contribution in [2.24, 2.45) is 0 Å². The monoisotopic (exact) mass is 635 g/mol. The second-order valence-electron chi connectivity index (χ2n) is 10.9. The zero-order chi connectivity index (χ0) is 32.2. The number of hydrogen-bond donors (Lipinski definition) is 8. The largest absolute Gasteiger partial charge is 0.394 e. The van der Waals surface area contributed by atoms with E-state index in [9.17, 15) is 45.3 Å². The van der Waals surface area contributed by atoms with Crippen LogP contribution in [0.5, 0.6) is 0 Å². The molecule has 0 unspecified atom stereocenters. The van der Waals surface area contributed by atoms with Crippen LogP contribution in [0.25, 0.3) is 11.1 Å². The van der Waals surface area contributed by atoms with E-state index in [1.165, 1.54) is 0 Å². The Hall–Kier alpha value is -2.90. The summed E-state index contributed by atoms with van der Waals surface area (Å²) in [5.74, 6) is -0.495. The molecule has 2 saturated heterocycles. The molecule has 0 spiro atoms. The fourth-order valence-corrected chi connectivity index (χ4v) is 5.53. The molecule has 2 aromatic carbocycles. The molecule has 2 heterocycles. The second-order valence-corrected chi connectivity index (χ2v) is 10.9. The Kier molecular flexibility index (Phi) is 10.9. The quantitative estimate of drug-likeness (QED) is 0.0946. The molecule has 2 aromatic rings. The van der Waals surface area contributed by atoms with E-state index in [-0.39, 0.29) is 38.1 Å². The molecule has 2 fully saturated rings. The highest BCUT2D eigenvalue weighted by atomic mass is 16.7. The third-order valence-electron chi connectivity index (χ3n) is 7.99. The van der Waals surface area contributed by atoms with Crippen LogP contribution in [0.2, 0.25) is 0 Å². The first kappa shape index (κ1) is 33.5. The first-order chi connectivity index (χ1) is 21.7. The summed E-state index contributed by atoms with van der Waals surface area (Å²) in [6, 6.07) is 12.3. The van der Waals surface area contributed by atoms with Gasteiger partial charge in [0.2, 0.25) is 0 Å². The van der Waals surface area contributed by atoms with Gasteiger partial charge < -0.3 is 64.7 Å². The third-order valence-corrected chi connectivity index (χ3v) is 7.99. The number of ether oxygens (including phenoxy) is 5. The van der Waals surface area contributed by atoms with Crippen molar-refractivity contribution in [1.29, 1.82) is 0 Å². The van der Waals surface area contributed by atoms with E-state index in [0.29, 0.717) is 16.7 Å². The first-order valence-corrected chi connectivity index (χ1v) is 14.5. The number of aliphatic hydroxyl groups is 7. The number of ketones is 1. The Morgan fingerprint density at radius 2 is 1.40 bits per heavy atom. The molecule has 0 radical (unpaired) electrons. The number of aliphatic hydroxyl groups excluding tert-OH is 7. The van der Waals surface area contributed by atoms with E-state index in [1.54, 1.807) is 30.3 Å². The third kappa shape index (κ3) is 6.95. The highest BCUT2D eigenvalue weighted by Crippen LogP contribution is 2.36. The average molecular weight is 636 g/mol. The summed E-state index contributed by atoms with van der Waals surface area (Å²) < 4.78 is 27.2. The zero-order valence-corrected chi connectivity index (χ0v) is 24.0. The molecule has 15 heteroatoms. The van der Waals surface area contributed by atoms with Gasteiger partial charge in [0, 0.05) is 23.2 Å². The van der Waals surface area contributed by atoms with Crippen LogP contribution in [0, 0.1) is 0 Å². The molecule has 45 heavy (non-hydrogen) atoms. The van der Waals surface area contributed by atoms with Gasteiger partial charge in [-0.2, -0.15) is 0 Å². The van der Waals surface area contributed by atoms with Crippen LogP contribution in [0.4, 0.5) is 0 Å². The predicted octanol–water partition coefficient (Wildman–Crippen LogP) is -2.71. The number of fused-ring (bicyclic) bond motifs is 3. The average Bonchev–Trinajstić information content (AvgIpc) is 3.34. The van der Waals surface area contributed by atoms with Crippen molar-refractivity contribution >= 4 is 11.7 Å². The summed E-state index contributed by atoms with van der Waals surface area (Å²) in [5, 5.41) is 73.2. The number of rotatable bonds is 12. The molecule has 246 valence electrons.